The molecule has 2 amide bonds. The Morgan fingerprint density at radius 1 is 1.00 bits per heavy atom. The molecule has 0 atom stereocenters. The van der Waals surface area contributed by atoms with Crippen molar-refractivity contribution in [2.45, 2.75) is 57.9 Å². The van der Waals surface area contributed by atoms with Crippen LogP contribution in [0.3, 0.4) is 0 Å². The fraction of sp³-hybridized carbons (Fsp3) is 0.600. The predicted molar refractivity (Wildman–Crippen MR) is 90.1 cm³/mol. The van der Waals surface area contributed by atoms with Crippen LogP contribution < -0.4 is 4.90 Å². The zero-order valence-electron chi connectivity index (χ0n) is 15.4. The van der Waals surface area contributed by atoms with Gasteiger partial charge in [0.25, 0.3) is 0 Å². The molecule has 9 nitrogen and oxygen atoms in total. The van der Waals surface area contributed by atoms with Gasteiger partial charge in [0.05, 0.1) is 0 Å². The van der Waals surface area contributed by atoms with Gasteiger partial charge in [0, 0.05) is 18.5 Å². The van der Waals surface area contributed by atoms with E-state index in [4.69, 9.17) is 9.47 Å². The van der Waals surface area contributed by atoms with Gasteiger partial charge in [-0.25, -0.2) is 23.0 Å². The van der Waals surface area contributed by atoms with Crippen molar-refractivity contribution < 1.29 is 27.5 Å². The van der Waals surface area contributed by atoms with Gasteiger partial charge in [-0.3, -0.25) is 0 Å². The number of carbonyl (C=O) groups is 2. The Bertz CT molecular complexity index is 734. The minimum Gasteiger partial charge on any atom is -0.443 e. The van der Waals surface area contributed by atoms with E-state index in [2.05, 4.69) is 9.97 Å². The van der Waals surface area contributed by atoms with Gasteiger partial charge in [-0.2, -0.15) is 9.88 Å². The number of carbonyl (C=O) groups excluding carboxylic acids is 2. The number of amides is 2. The van der Waals surface area contributed by atoms with E-state index in [9.17, 15) is 18.0 Å². The van der Waals surface area contributed by atoms with Crippen LogP contribution in [0.25, 0.3) is 0 Å². The van der Waals surface area contributed by atoms with Gasteiger partial charge in [-0.1, -0.05) is 0 Å². The van der Waals surface area contributed by atoms with Crippen LogP contribution in [-0.2, 0) is 19.3 Å². The number of anilines is 1. The second-order valence-corrected chi connectivity index (χ2v) is 9.18. The highest BCUT2D eigenvalue weighted by molar-refractivity contribution is 7.90. The fourth-order valence-corrected chi connectivity index (χ4v) is 2.02. The molecule has 0 aromatic carbocycles. The molecule has 10 heteroatoms. The van der Waals surface area contributed by atoms with Crippen molar-refractivity contribution in [3.63, 3.8) is 0 Å². The first-order chi connectivity index (χ1) is 11.1. The molecule has 0 N–H and O–H groups in total. The normalized spacial score (nSPS) is 12.4. The third-order valence-corrected chi connectivity index (χ3v) is 3.19. The second kappa shape index (κ2) is 6.95. The average molecular weight is 373 g/mol. The smallest absolute Gasteiger partial charge is 0.425 e. The van der Waals surface area contributed by atoms with Crippen LogP contribution >= 0.6 is 0 Å². The highest BCUT2D eigenvalue weighted by Crippen LogP contribution is 2.20. The fourth-order valence-electron chi connectivity index (χ4n) is 1.51. The van der Waals surface area contributed by atoms with Crippen LogP contribution in [0.15, 0.2) is 17.4 Å². The summed E-state index contributed by atoms with van der Waals surface area (Å²) in [5, 5.41) is -0.526. The minimum absolute atomic E-state index is 0.265. The van der Waals surface area contributed by atoms with E-state index in [0.717, 1.165) is 12.5 Å². The molecule has 1 aromatic rings. The van der Waals surface area contributed by atoms with E-state index in [-0.39, 0.29) is 5.82 Å². The van der Waals surface area contributed by atoms with Crippen molar-refractivity contribution in [3.8, 4) is 0 Å². The Morgan fingerprint density at radius 3 is 1.80 bits per heavy atom. The summed E-state index contributed by atoms with van der Waals surface area (Å²) >= 11 is 0. The van der Waals surface area contributed by atoms with E-state index in [0.29, 0.717) is 4.90 Å². The second-order valence-electron chi connectivity index (χ2n) is 7.27. The summed E-state index contributed by atoms with van der Waals surface area (Å²) in [4.78, 5) is 32.8. The summed E-state index contributed by atoms with van der Waals surface area (Å²) in [5.74, 6) is -0.265. The summed E-state index contributed by atoms with van der Waals surface area (Å²) in [6.45, 7) is 9.75. The van der Waals surface area contributed by atoms with Gasteiger partial charge in [0.1, 0.15) is 11.2 Å². The van der Waals surface area contributed by atoms with Crippen molar-refractivity contribution in [1.29, 1.82) is 0 Å². The molecule has 1 aromatic heterocycles. The Hall–Kier alpha value is -2.23. The average Bonchev–Trinajstić information content (AvgIpc) is 2.33. The lowest BCUT2D eigenvalue weighted by molar-refractivity contribution is 0.0428. The van der Waals surface area contributed by atoms with Gasteiger partial charge < -0.3 is 9.47 Å². The van der Waals surface area contributed by atoms with Crippen LogP contribution in [-0.4, -0.2) is 48.0 Å². The van der Waals surface area contributed by atoms with E-state index in [1.165, 1.54) is 6.07 Å². The first-order valence-electron chi connectivity index (χ1n) is 7.39. The van der Waals surface area contributed by atoms with Crippen LogP contribution in [0.4, 0.5) is 15.4 Å². The maximum atomic E-state index is 12.4. The number of rotatable bonds is 2. The molecule has 0 unspecified atom stereocenters. The lowest BCUT2D eigenvalue weighted by atomic mass is 10.2. The highest BCUT2D eigenvalue weighted by atomic mass is 32.2. The third-order valence-electron chi connectivity index (χ3n) is 2.33. The van der Waals surface area contributed by atoms with Crippen molar-refractivity contribution in [1.82, 2.24) is 9.97 Å². The number of sulfone groups is 1. The SMILES string of the molecule is CC(C)(C)OC(=O)N(C(=O)OC(C)(C)C)c1ccnc(S(C)(=O)=O)n1. The molecular formula is C15H23N3O6S. The molecule has 140 valence electrons. The van der Waals surface area contributed by atoms with Crippen molar-refractivity contribution in [3.05, 3.63) is 12.3 Å². The Morgan fingerprint density at radius 2 is 1.44 bits per heavy atom. The zero-order chi connectivity index (χ0) is 19.6. The lowest BCUT2D eigenvalue weighted by Crippen LogP contribution is -2.44. The molecule has 1 rings (SSSR count). The molecule has 0 saturated carbocycles. The molecule has 0 fully saturated rings. The van der Waals surface area contributed by atoms with Gasteiger partial charge in [-0.05, 0) is 41.5 Å². The number of aromatic nitrogens is 2. The maximum Gasteiger partial charge on any atom is 0.425 e. The molecule has 0 aliphatic rings. The lowest BCUT2D eigenvalue weighted by Gasteiger charge is -2.28. The number of ether oxygens (including phenoxy) is 2. The Labute approximate surface area is 147 Å². The van der Waals surface area contributed by atoms with Crippen LogP contribution in [0.2, 0.25) is 0 Å². The number of imide groups is 1. The Balaban J connectivity index is 3.36. The van der Waals surface area contributed by atoms with Gasteiger partial charge in [-0.15, -0.1) is 0 Å². The van der Waals surface area contributed by atoms with E-state index in [1.807, 2.05) is 0 Å². The quantitative estimate of drug-likeness (QED) is 0.726. The predicted octanol–water partition coefficient (Wildman–Crippen LogP) is 2.56. The standard InChI is InChI=1S/C15H23N3O6S/c1-14(2,3)23-12(19)18(13(20)24-15(4,5)6)10-8-9-16-11(17-10)25(7,21)22/h8-9H,1-7H3. The highest BCUT2D eigenvalue weighted by Gasteiger charge is 2.34. The zero-order valence-corrected chi connectivity index (χ0v) is 16.2. The molecule has 0 radical (unpaired) electrons. The van der Waals surface area contributed by atoms with Gasteiger partial charge in [0.15, 0.2) is 5.82 Å². The molecule has 25 heavy (non-hydrogen) atoms. The molecule has 0 bridgehead atoms. The van der Waals surface area contributed by atoms with E-state index >= 15 is 0 Å². The summed E-state index contributed by atoms with van der Waals surface area (Å²) in [6, 6.07) is 1.21. The van der Waals surface area contributed by atoms with Crippen molar-refractivity contribution >= 4 is 27.8 Å². The summed E-state index contributed by atoms with van der Waals surface area (Å²) in [5.41, 5.74) is -1.77. The van der Waals surface area contributed by atoms with E-state index in [1.54, 1.807) is 41.5 Å². The topological polar surface area (TPSA) is 116 Å². The van der Waals surface area contributed by atoms with Crippen LogP contribution in [0.5, 0.6) is 0 Å². The third kappa shape index (κ3) is 6.65. The van der Waals surface area contributed by atoms with Gasteiger partial charge in [0.2, 0.25) is 15.0 Å². The van der Waals surface area contributed by atoms with Gasteiger partial charge >= 0.3 is 12.2 Å². The molecular weight excluding hydrogens is 350 g/mol. The molecule has 0 aliphatic carbocycles. The minimum atomic E-state index is -3.73. The van der Waals surface area contributed by atoms with Crippen LogP contribution in [0.1, 0.15) is 41.5 Å². The van der Waals surface area contributed by atoms with E-state index < -0.39 is 38.4 Å². The maximum absolute atomic E-state index is 12.4. The molecule has 0 saturated heterocycles. The first-order valence-corrected chi connectivity index (χ1v) is 9.28. The van der Waals surface area contributed by atoms with Crippen LogP contribution in [0, 0.1) is 0 Å². The monoisotopic (exact) mass is 373 g/mol. The Kier molecular flexibility index (Phi) is 5.78. The summed E-state index contributed by atoms with van der Waals surface area (Å²) in [6.07, 6.45) is -0.0440. The van der Waals surface area contributed by atoms with Crippen molar-refractivity contribution in [2.24, 2.45) is 0 Å². The number of hydrogen-bond donors (Lipinski definition) is 0. The summed E-state index contributed by atoms with van der Waals surface area (Å²) < 4.78 is 33.6. The largest absolute Gasteiger partial charge is 0.443 e. The molecule has 1 heterocycles. The number of hydrogen-bond acceptors (Lipinski definition) is 8. The van der Waals surface area contributed by atoms with Crippen molar-refractivity contribution in [2.75, 3.05) is 11.2 Å². The molecule has 0 spiro atoms. The number of nitrogens with zero attached hydrogens (tertiary/aromatic N) is 3. The first kappa shape index (κ1) is 20.8. The molecule has 0 aliphatic heterocycles. The summed E-state index contributed by atoms with van der Waals surface area (Å²) in [7, 11) is -3.73.